The lowest BCUT2D eigenvalue weighted by Crippen LogP contribution is -2.58. The van der Waals surface area contributed by atoms with Gasteiger partial charge in [0.15, 0.2) is 0 Å². The van der Waals surface area contributed by atoms with Crippen LogP contribution in [0.2, 0.25) is 0 Å². The molecule has 1 N–H and O–H groups in total. The molecule has 5 rings (SSSR count). The summed E-state index contributed by atoms with van der Waals surface area (Å²) in [4.78, 5) is 47.0. The van der Waals surface area contributed by atoms with Crippen molar-refractivity contribution in [2.45, 2.75) is 37.6 Å². The molecule has 1 atom stereocenters. The topological polar surface area (TPSA) is 91.8 Å². The number of carbonyl (C=O) groups is 3. The lowest BCUT2D eigenvalue weighted by molar-refractivity contribution is -0.134. The van der Waals surface area contributed by atoms with Gasteiger partial charge in [0.05, 0.1) is 7.11 Å². The van der Waals surface area contributed by atoms with Gasteiger partial charge in [-0.25, -0.2) is 14.2 Å². The highest BCUT2D eigenvalue weighted by Crippen LogP contribution is 2.39. The van der Waals surface area contributed by atoms with Crippen LogP contribution in [0.15, 0.2) is 42.6 Å². The van der Waals surface area contributed by atoms with E-state index in [-0.39, 0.29) is 41.9 Å². The maximum atomic E-state index is 13.8. The third-order valence-corrected chi connectivity index (χ3v) is 7.41. The summed E-state index contributed by atoms with van der Waals surface area (Å²) < 4.78 is 18.8. The van der Waals surface area contributed by atoms with E-state index in [1.165, 1.54) is 24.1 Å². The number of benzene rings is 1. The number of aromatic nitrogens is 1. The van der Waals surface area contributed by atoms with Crippen LogP contribution in [0.5, 0.6) is 5.88 Å². The zero-order valence-corrected chi connectivity index (χ0v) is 19.7. The number of nitrogens with zero attached hydrogens (tertiary/aromatic N) is 3. The molecule has 184 valence electrons. The van der Waals surface area contributed by atoms with Crippen LogP contribution in [0, 0.1) is 17.7 Å². The van der Waals surface area contributed by atoms with Gasteiger partial charge in [0.1, 0.15) is 16.9 Å². The smallest absolute Gasteiger partial charge is 0.325 e. The van der Waals surface area contributed by atoms with Gasteiger partial charge in [-0.2, -0.15) is 0 Å². The number of ether oxygens (including phenoxy) is 1. The van der Waals surface area contributed by atoms with Crippen molar-refractivity contribution in [2.24, 2.45) is 11.8 Å². The molecule has 0 spiro atoms. The van der Waals surface area contributed by atoms with Crippen LogP contribution in [-0.2, 0) is 11.2 Å². The second-order valence-corrected chi connectivity index (χ2v) is 9.69. The van der Waals surface area contributed by atoms with Gasteiger partial charge >= 0.3 is 6.03 Å². The van der Waals surface area contributed by atoms with Crippen LogP contribution >= 0.6 is 0 Å². The average Bonchev–Trinajstić information content (AvgIpc) is 3.68. The Bertz CT molecular complexity index is 1130. The van der Waals surface area contributed by atoms with Crippen molar-refractivity contribution >= 4 is 17.8 Å². The zero-order chi connectivity index (χ0) is 24.6. The molecule has 0 radical (unpaired) electrons. The number of hydrogen-bond acceptors (Lipinski definition) is 5. The van der Waals surface area contributed by atoms with E-state index < -0.39 is 5.54 Å². The van der Waals surface area contributed by atoms with E-state index in [9.17, 15) is 18.8 Å². The van der Waals surface area contributed by atoms with E-state index in [2.05, 4.69) is 10.3 Å². The highest BCUT2D eigenvalue weighted by molar-refractivity contribution is 6.07. The van der Waals surface area contributed by atoms with Gasteiger partial charge in [-0.15, -0.1) is 0 Å². The Hall–Kier alpha value is -3.49. The first-order chi connectivity index (χ1) is 16.9. The SMILES string of the molecule is COc1ncccc1C(=O)N1CCC([C@@]2(Cc3ccc(F)cc3)NC(=O)N(CC3CC3)C2=O)CC1. The molecular weight excluding hydrogens is 451 g/mol. The highest BCUT2D eigenvalue weighted by atomic mass is 19.1. The minimum atomic E-state index is -1.11. The molecule has 3 fully saturated rings. The van der Waals surface area contributed by atoms with E-state index in [0.29, 0.717) is 44.0 Å². The molecule has 1 aromatic carbocycles. The molecule has 1 saturated carbocycles. The molecule has 4 amide bonds. The number of pyridine rings is 1. The maximum Gasteiger partial charge on any atom is 0.325 e. The Labute approximate surface area is 203 Å². The van der Waals surface area contributed by atoms with Gasteiger partial charge in [-0.3, -0.25) is 14.5 Å². The predicted molar refractivity (Wildman–Crippen MR) is 125 cm³/mol. The molecule has 35 heavy (non-hydrogen) atoms. The molecule has 0 bridgehead atoms. The number of imide groups is 1. The Morgan fingerprint density at radius 2 is 1.86 bits per heavy atom. The van der Waals surface area contributed by atoms with Crippen LogP contribution in [0.25, 0.3) is 0 Å². The summed E-state index contributed by atoms with van der Waals surface area (Å²) >= 11 is 0. The largest absolute Gasteiger partial charge is 0.480 e. The molecule has 3 aliphatic rings. The van der Waals surface area contributed by atoms with Crippen molar-refractivity contribution in [3.05, 3.63) is 59.5 Å². The van der Waals surface area contributed by atoms with Crippen LogP contribution in [-0.4, -0.2) is 64.9 Å². The minimum Gasteiger partial charge on any atom is -0.480 e. The summed E-state index contributed by atoms with van der Waals surface area (Å²) in [5.74, 6) is -0.234. The molecular formula is C26H29FN4O4. The summed E-state index contributed by atoms with van der Waals surface area (Å²) in [5, 5.41) is 3.04. The van der Waals surface area contributed by atoms with Crippen LogP contribution in [0.4, 0.5) is 9.18 Å². The Morgan fingerprint density at radius 3 is 2.51 bits per heavy atom. The quantitative estimate of drug-likeness (QED) is 0.615. The summed E-state index contributed by atoms with van der Waals surface area (Å²) in [6.45, 7) is 1.32. The standard InChI is InChI=1S/C26H29FN4O4/c1-35-22-21(3-2-12-28-22)23(32)30-13-10-19(11-14-30)26(15-17-6-8-20(27)9-7-17)24(33)31(25(34)29-26)16-18-4-5-18/h2-3,6-9,12,18-19H,4-5,10-11,13-16H2,1H3,(H,29,34)/t26-/m1/s1. The number of carbonyl (C=O) groups excluding carboxylic acids is 3. The fourth-order valence-corrected chi connectivity index (χ4v) is 5.30. The van der Waals surface area contributed by atoms with E-state index >= 15 is 0 Å². The number of piperidine rings is 1. The molecule has 8 nitrogen and oxygen atoms in total. The first-order valence-electron chi connectivity index (χ1n) is 12.1. The third kappa shape index (κ3) is 4.47. The normalized spacial score (nSPS) is 22.9. The number of urea groups is 1. The maximum absolute atomic E-state index is 13.8. The fourth-order valence-electron chi connectivity index (χ4n) is 5.30. The van der Waals surface area contributed by atoms with Crippen molar-refractivity contribution in [3.63, 3.8) is 0 Å². The number of nitrogens with one attached hydrogen (secondary N) is 1. The number of amides is 4. The second-order valence-electron chi connectivity index (χ2n) is 9.69. The predicted octanol–water partition coefficient (Wildman–Crippen LogP) is 3.02. The second kappa shape index (κ2) is 9.28. The lowest BCUT2D eigenvalue weighted by Gasteiger charge is -2.41. The number of hydrogen-bond donors (Lipinski definition) is 1. The van der Waals surface area contributed by atoms with Gasteiger partial charge in [0.25, 0.3) is 11.8 Å². The molecule has 9 heteroatoms. The van der Waals surface area contributed by atoms with Crippen molar-refractivity contribution in [3.8, 4) is 5.88 Å². The Balaban J connectivity index is 1.37. The molecule has 2 aliphatic heterocycles. The van der Waals surface area contributed by atoms with Gasteiger partial charge in [0, 0.05) is 32.3 Å². The van der Waals surface area contributed by atoms with Gasteiger partial charge in [-0.1, -0.05) is 12.1 Å². The van der Waals surface area contributed by atoms with Crippen LogP contribution in [0.1, 0.15) is 41.6 Å². The molecule has 1 aromatic heterocycles. The summed E-state index contributed by atoms with van der Waals surface area (Å²) in [7, 11) is 1.48. The van der Waals surface area contributed by atoms with Crippen LogP contribution in [0.3, 0.4) is 0 Å². The summed E-state index contributed by atoms with van der Waals surface area (Å²) in [5.41, 5.74) is 0.0764. The van der Waals surface area contributed by atoms with Crippen molar-refractivity contribution in [1.29, 1.82) is 0 Å². The van der Waals surface area contributed by atoms with Crippen molar-refractivity contribution in [2.75, 3.05) is 26.7 Å². The van der Waals surface area contributed by atoms with Gasteiger partial charge in [0.2, 0.25) is 5.88 Å². The van der Waals surface area contributed by atoms with Crippen molar-refractivity contribution < 1.29 is 23.5 Å². The summed E-state index contributed by atoms with van der Waals surface area (Å²) in [6.07, 6.45) is 5.02. The van der Waals surface area contributed by atoms with Crippen molar-refractivity contribution in [1.82, 2.24) is 20.1 Å². The monoisotopic (exact) mass is 480 g/mol. The van der Waals surface area contributed by atoms with E-state index in [0.717, 1.165) is 18.4 Å². The van der Waals surface area contributed by atoms with Gasteiger partial charge < -0.3 is 15.0 Å². The van der Waals surface area contributed by atoms with E-state index in [1.54, 1.807) is 35.4 Å². The summed E-state index contributed by atoms with van der Waals surface area (Å²) in [6, 6.07) is 9.08. The van der Waals surface area contributed by atoms with Gasteiger partial charge in [-0.05, 0) is 67.3 Å². The Morgan fingerprint density at radius 1 is 1.14 bits per heavy atom. The third-order valence-electron chi connectivity index (χ3n) is 7.41. The number of methoxy groups -OCH3 is 1. The Kier molecular flexibility index (Phi) is 6.17. The number of rotatable bonds is 7. The lowest BCUT2D eigenvalue weighted by atomic mass is 9.73. The highest BCUT2D eigenvalue weighted by Gasteiger charge is 2.56. The number of likely N-dealkylation sites (tertiary alicyclic amines) is 1. The fraction of sp³-hybridized carbons (Fsp3) is 0.462. The first-order valence-corrected chi connectivity index (χ1v) is 12.1. The zero-order valence-electron chi connectivity index (χ0n) is 19.7. The molecule has 0 unspecified atom stereocenters. The molecule has 2 saturated heterocycles. The average molecular weight is 481 g/mol. The molecule has 3 heterocycles. The molecule has 2 aromatic rings. The minimum absolute atomic E-state index is 0.159. The first kappa shape index (κ1) is 23.3. The van der Waals surface area contributed by atoms with E-state index in [4.69, 9.17) is 4.74 Å². The number of halogens is 1. The van der Waals surface area contributed by atoms with Crippen LogP contribution < -0.4 is 10.1 Å². The molecule has 1 aliphatic carbocycles. The van der Waals surface area contributed by atoms with E-state index in [1.807, 2.05) is 0 Å².